The largest absolute Gasteiger partial charge is 0.493 e. The van der Waals surface area contributed by atoms with Crippen LogP contribution >= 0.6 is 0 Å². The first-order valence-corrected chi connectivity index (χ1v) is 7.93. The van der Waals surface area contributed by atoms with Crippen LogP contribution in [0.3, 0.4) is 0 Å². The Morgan fingerprint density at radius 3 is 2.00 bits per heavy atom. The van der Waals surface area contributed by atoms with E-state index in [1.54, 1.807) is 24.3 Å². The lowest BCUT2D eigenvalue weighted by Gasteiger charge is -2.14. The summed E-state index contributed by atoms with van der Waals surface area (Å²) in [5.41, 5.74) is 2.02. The Hall–Kier alpha value is -3.22. The second-order valence-corrected chi connectivity index (χ2v) is 5.51. The predicted molar refractivity (Wildman–Crippen MR) is 98.2 cm³/mol. The molecule has 2 aromatic carbocycles. The minimum Gasteiger partial charge on any atom is -0.493 e. The van der Waals surface area contributed by atoms with Crippen molar-refractivity contribution in [3.8, 4) is 17.2 Å². The topological polar surface area (TPSA) is 85.9 Å². The summed E-state index contributed by atoms with van der Waals surface area (Å²) in [6.07, 6.45) is 0. The van der Waals surface area contributed by atoms with E-state index in [-0.39, 0.29) is 18.4 Å². The third-order valence-electron chi connectivity index (χ3n) is 3.67. The molecule has 0 aliphatic heterocycles. The zero-order chi connectivity index (χ0) is 19.1. The van der Waals surface area contributed by atoms with Crippen LogP contribution in [-0.4, -0.2) is 39.7 Å². The molecule has 0 aliphatic rings. The standard InChI is InChI=1S/C19H22N2O5/c1-12-5-7-13(8-6-12)19(23)20-11-17(22)21-14-9-15(24-2)18(26-4)16(10-14)25-3/h5-10H,11H2,1-4H3,(H,20,23)(H,21,22). The molecule has 0 spiro atoms. The normalized spacial score (nSPS) is 10.0. The lowest BCUT2D eigenvalue weighted by atomic mass is 10.1. The summed E-state index contributed by atoms with van der Waals surface area (Å²) in [5.74, 6) is 0.585. The van der Waals surface area contributed by atoms with Crippen LogP contribution in [0.25, 0.3) is 0 Å². The molecule has 0 fully saturated rings. The van der Waals surface area contributed by atoms with Crippen molar-refractivity contribution in [2.45, 2.75) is 6.92 Å². The number of benzene rings is 2. The summed E-state index contributed by atoms with van der Waals surface area (Å²) in [6, 6.07) is 10.3. The zero-order valence-corrected chi connectivity index (χ0v) is 15.2. The number of amides is 2. The first-order valence-electron chi connectivity index (χ1n) is 7.93. The van der Waals surface area contributed by atoms with Crippen molar-refractivity contribution in [2.75, 3.05) is 33.2 Å². The van der Waals surface area contributed by atoms with Crippen molar-refractivity contribution >= 4 is 17.5 Å². The van der Waals surface area contributed by atoms with Gasteiger partial charge in [0.25, 0.3) is 5.91 Å². The smallest absolute Gasteiger partial charge is 0.251 e. The molecule has 7 heteroatoms. The van der Waals surface area contributed by atoms with Crippen LogP contribution in [0.2, 0.25) is 0 Å². The highest BCUT2D eigenvalue weighted by Gasteiger charge is 2.15. The molecule has 0 bridgehead atoms. The Kier molecular flexibility index (Phi) is 6.43. The molecule has 0 saturated heterocycles. The van der Waals surface area contributed by atoms with Crippen molar-refractivity contribution in [3.05, 3.63) is 47.5 Å². The third-order valence-corrected chi connectivity index (χ3v) is 3.67. The predicted octanol–water partition coefficient (Wildman–Crippen LogP) is 2.39. The van der Waals surface area contributed by atoms with Gasteiger partial charge in [-0.15, -0.1) is 0 Å². The van der Waals surface area contributed by atoms with Crippen LogP contribution in [0, 0.1) is 6.92 Å². The Balaban J connectivity index is 2.01. The number of rotatable bonds is 7. The second kappa shape index (κ2) is 8.75. The van der Waals surface area contributed by atoms with Gasteiger partial charge >= 0.3 is 0 Å². The van der Waals surface area contributed by atoms with Crippen LogP contribution in [0.15, 0.2) is 36.4 Å². The zero-order valence-electron chi connectivity index (χ0n) is 15.2. The van der Waals surface area contributed by atoms with Crippen molar-refractivity contribution in [1.82, 2.24) is 5.32 Å². The monoisotopic (exact) mass is 358 g/mol. The van der Waals surface area contributed by atoms with Gasteiger partial charge in [-0.2, -0.15) is 0 Å². The van der Waals surface area contributed by atoms with Crippen LogP contribution in [0.4, 0.5) is 5.69 Å². The number of carbonyl (C=O) groups is 2. The van der Waals surface area contributed by atoms with Gasteiger partial charge in [0.2, 0.25) is 11.7 Å². The Morgan fingerprint density at radius 2 is 1.50 bits per heavy atom. The highest BCUT2D eigenvalue weighted by atomic mass is 16.5. The van der Waals surface area contributed by atoms with Gasteiger partial charge in [0, 0.05) is 23.4 Å². The summed E-state index contributed by atoms with van der Waals surface area (Å²) in [5, 5.41) is 5.27. The van der Waals surface area contributed by atoms with Crippen molar-refractivity contribution in [3.63, 3.8) is 0 Å². The number of hydrogen-bond acceptors (Lipinski definition) is 5. The first kappa shape index (κ1) is 19.1. The number of carbonyl (C=O) groups excluding carboxylic acids is 2. The average Bonchev–Trinajstić information content (AvgIpc) is 2.65. The molecule has 0 radical (unpaired) electrons. The number of aryl methyl sites for hydroxylation is 1. The van der Waals surface area contributed by atoms with Gasteiger partial charge < -0.3 is 24.8 Å². The number of ether oxygens (including phenoxy) is 3. The van der Waals surface area contributed by atoms with Gasteiger partial charge in [0.05, 0.1) is 27.9 Å². The van der Waals surface area contributed by atoms with E-state index in [4.69, 9.17) is 14.2 Å². The number of nitrogens with one attached hydrogen (secondary N) is 2. The molecule has 138 valence electrons. The van der Waals surface area contributed by atoms with Crippen molar-refractivity contribution in [1.29, 1.82) is 0 Å². The van der Waals surface area contributed by atoms with Gasteiger partial charge in [-0.05, 0) is 19.1 Å². The van der Waals surface area contributed by atoms with E-state index in [0.29, 0.717) is 28.5 Å². The van der Waals surface area contributed by atoms with Crippen LogP contribution in [0.1, 0.15) is 15.9 Å². The molecule has 0 heterocycles. The maximum atomic E-state index is 12.1. The molecule has 0 aliphatic carbocycles. The quantitative estimate of drug-likeness (QED) is 0.794. The van der Waals surface area contributed by atoms with E-state index >= 15 is 0 Å². The summed E-state index contributed by atoms with van der Waals surface area (Å²) in [7, 11) is 4.48. The van der Waals surface area contributed by atoms with Gasteiger partial charge in [0.1, 0.15) is 0 Å². The fourth-order valence-corrected chi connectivity index (χ4v) is 2.33. The number of hydrogen-bond donors (Lipinski definition) is 2. The molecule has 7 nitrogen and oxygen atoms in total. The van der Waals surface area contributed by atoms with Crippen molar-refractivity contribution < 1.29 is 23.8 Å². The fourth-order valence-electron chi connectivity index (χ4n) is 2.33. The molecule has 2 aromatic rings. The highest BCUT2D eigenvalue weighted by molar-refractivity contribution is 5.99. The SMILES string of the molecule is COc1cc(NC(=O)CNC(=O)c2ccc(C)cc2)cc(OC)c1OC. The second-order valence-electron chi connectivity index (χ2n) is 5.51. The van der Waals surface area contributed by atoms with E-state index < -0.39 is 0 Å². The Bertz CT molecular complexity index is 762. The maximum absolute atomic E-state index is 12.1. The lowest BCUT2D eigenvalue weighted by Crippen LogP contribution is -2.32. The van der Waals surface area contributed by atoms with Gasteiger partial charge in [-0.3, -0.25) is 9.59 Å². The molecule has 0 saturated carbocycles. The molecule has 26 heavy (non-hydrogen) atoms. The molecule has 0 unspecified atom stereocenters. The van der Waals surface area contributed by atoms with E-state index in [1.807, 2.05) is 19.1 Å². The lowest BCUT2D eigenvalue weighted by molar-refractivity contribution is -0.115. The molecule has 0 aromatic heterocycles. The van der Waals surface area contributed by atoms with Gasteiger partial charge in [0.15, 0.2) is 11.5 Å². The van der Waals surface area contributed by atoms with E-state index in [1.165, 1.54) is 21.3 Å². The highest BCUT2D eigenvalue weighted by Crippen LogP contribution is 2.39. The van der Waals surface area contributed by atoms with Crippen molar-refractivity contribution in [2.24, 2.45) is 0 Å². The summed E-state index contributed by atoms with van der Waals surface area (Å²) >= 11 is 0. The van der Waals surface area contributed by atoms with Crippen LogP contribution < -0.4 is 24.8 Å². The van der Waals surface area contributed by atoms with E-state index in [2.05, 4.69) is 10.6 Å². The minimum atomic E-state index is -0.375. The van der Waals surface area contributed by atoms with E-state index in [0.717, 1.165) is 5.56 Å². The summed E-state index contributed by atoms with van der Waals surface area (Å²) in [4.78, 5) is 24.2. The molecule has 2 N–H and O–H groups in total. The molecule has 2 rings (SSSR count). The Morgan fingerprint density at radius 1 is 0.923 bits per heavy atom. The van der Waals surface area contributed by atoms with E-state index in [9.17, 15) is 9.59 Å². The number of anilines is 1. The maximum Gasteiger partial charge on any atom is 0.251 e. The average molecular weight is 358 g/mol. The first-order chi connectivity index (χ1) is 12.5. The minimum absolute atomic E-state index is 0.163. The number of methoxy groups -OCH3 is 3. The molecular weight excluding hydrogens is 336 g/mol. The van der Waals surface area contributed by atoms with Crippen LogP contribution in [-0.2, 0) is 4.79 Å². The van der Waals surface area contributed by atoms with Gasteiger partial charge in [-0.1, -0.05) is 17.7 Å². The van der Waals surface area contributed by atoms with Crippen LogP contribution in [0.5, 0.6) is 17.2 Å². The molecule has 0 atom stereocenters. The Labute approximate surface area is 152 Å². The fraction of sp³-hybridized carbons (Fsp3) is 0.263. The molecule has 2 amide bonds. The summed E-state index contributed by atoms with van der Waals surface area (Å²) < 4.78 is 15.7. The summed E-state index contributed by atoms with van der Waals surface area (Å²) in [6.45, 7) is 1.77. The van der Waals surface area contributed by atoms with Gasteiger partial charge in [-0.25, -0.2) is 0 Å². The molecular formula is C19H22N2O5. The third kappa shape index (κ3) is 4.66.